The van der Waals surface area contributed by atoms with Gasteiger partial charge in [-0.05, 0) is 30.7 Å². The smallest absolute Gasteiger partial charge is 0.337 e. The molecule has 7 heteroatoms. The second kappa shape index (κ2) is 9.23. The first-order chi connectivity index (χ1) is 13.5. The fourth-order valence-electron chi connectivity index (χ4n) is 2.67. The highest BCUT2D eigenvalue weighted by molar-refractivity contribution is 7.99. The summed E-state index contributed by atoms with van der Waals surface area (Å²) in [5, 5.41) is 3.49. The number of rotatable bonds is 7. The van der Waals surface area contributed by atoms with Crippen molar-refractivity contribution in [3.8, 4) is 0 Å². The van der Waals surface area contributed by atoms with Crippen LogP contribution in [0.5, 0.6) is 0 Å². The molecule has 0 saturated heterocycles. The number of carbonyl (C=O) groups excluding carboxylic acids is 2. The number of thioether (sulfide) groups is 1. The van der Waals surface area contributed by atoms with Crippen molar-refractivity contribution in [2.45, 2.75) is 18.5 Å². The van der Waals surface area contributed by atoms with E-state index in [9.17, 15) is 9.59 Å². The summed E-state index contributed by atoms with van der Waals surface area (Å²) < 4.78 is 4.69. The maximum Gasteiger partial charge on any atom is 0.337 e. The number of carbonyl (C=O) groups is 2. The number of aromatic amines is 1. The molecule has 6 nitrogen and oxygen atoms in total. The molecule has 0 unspecified atom stereocenters. The van der Waals surface area contributed by atoms with Crippen molar-refractivity contribution in [1.29, 1.82) is 0 Å². The van der Waals surface area contributed by atoms with Crippen LogP contribution in [0.4, 0.5) is 5.69 Å². The molecule has 2 aromatic carbocycles. The summed E-state index contributed by atoms with van der Waals surface area (Å²) in [6, 6.07) is 16.8. The molecule has 2 N–H and O–H groups in total. The number of nitrogens with zero attached hydrogens (tertiary/aromatic N) is 1. The molecule has 0 bridgehead atoms. The van der Waals surface area contributed by atoms with Crippen molar-refractivity contribution in [3.05, 3.63) is 77.1 Å². The number of aromatic nitrogens is 2. The molecule has 1 amide bonds. The number of hydrogen-bond acceptors (Lipinski definition) is 5. The fraction of sp³-hybridized carbons (Fsp3) is 0.190. The Morgan fingerprint density at radius 3 is 2.68 bits per heavy atom. The summed E-state index contributed by atoms with van der Waals surface area (Å²) in [6.07, 6.45) is 0.746. The summed E-state index contributed by atoms with van der Waals surface area (Å²) in [4.78, 5) is 31.6. The number of esters is 1. The van der Waals surface area contributed by atoms with E-state index in [4.69, 9.17) is 0 Å². The van der Waals surface area contributed by atoms with Crippen molar-refractivity contribution >= 4 is 29.3 Å². The summed E-state index contributed by atoms with van der Waals surface area (Å²) >= 11 is 1.34. The van der Waals surface area contributed by atoms with E-state index >= 15 is 0 Å². The van der Waals surface area contributed by atoms with E-state index in [1.165, 1.54) is 24.4 Å². The number of imidazole rings is 1. The molecule has 0 radical (unpaired) electrons. The molecule has 0 aliphatic carbocycles. The van der Waals surface area contributed by atoms with Gasteiger partial charge in [-0.2, -0.15) is 0 Å². The summed E-state index contributed by atoms with van der Waals surface area (Å²) in [5.74, 6) is -0.409. The van der Waals surface area contributed by atoms with Gasteiger partial charge < -0.3 is 15.0 Å². The lowest BCUT2D eigenvalue weighted by Gasteiger charge is -2.06. The molecule has 0 fully saturated rings. The molecule has 28 heavy (non-hydrogen) atoms. The zero-order valence-corrected chi connectivity index (χ0v) is 16.5. The van der Waals surface area contributed by atoms with Gasteiger partial charge in [-0.1, -0.05) is 48.2 Å². The van der Waals surface area contributed by atoms with E-state index in [0.29, 0.717) is 16.4 Å². The molecule has 0 saturated carbocycles. The Labute approximate surface area is 167 Å². The lowest BCUT2D eigenvalue weighted by molar-refractivity contribution is -0.113. The molecular weight excluding hydrogens is 374 g/mol. The quantitative estimate of drug-likeness (QED) is 0.469. The number of nitrogens with one attached hydrogen (secondary N) is 2. The number of benzene rings is 2. The van der Waals surface area contributed by atoms with Crippen molar-refractivity contribution in [2.75, 3.05) is 18.2 Å². The minimum Gasteiger partial charge on any atom is -0.465 e. The standard InChI is InChI=1S/C21H21N3O3S/c1-14-18(11-15-7-4-3-5-8-15)24-21(22-14)28-13-19(25)23-17-10-6-9-16(12-17)20(26)27-2/h3-10,12H,11,13H2,1-2H3,(H,22,24)(H,23,25). The topological polar surface area (TPSA) is 84.1 Å². The van der Waals surface area contributed by atoms with Crippen molar-refractivity contribution in [2.24, 2.45) is 0 Å². The van der Waals surface area contributed by atoms with Crippen molar-refractivity contribution < 1.29 is 14.3 Å². The lowest BCUT2D eigenvalue weighted by Crippen LogP contribution is -2.14. The van der Waals surface area contributed by atoms with E-state index in [2.05, 4.69) is 32.2 Å². The van der Waals surface area contributed by atoms with Crippen LogP contribution in [0.15, 0.2) is 59.8 Å². The second-order valence-corrected chi connectivity index (χ2v) is 7.15. The van der Waals surface area contributed by atoms with E-state index in [0.717, 1.165) is 17.8 Å². The maximum atomic E-state index is 12.2. The highest BCUT2D eigenvalue weighted by Crippen LogP contribution is 2.20. The van der Waals surface area contributed by atoms with Crippen LogP contribution in [0, 0.1) is 6.92 Å². The minimum atomic E-state index is -0.442. The van der Waals surface area contributed by atoms with Crippen molar-refractivity contribution in [1.82, 2.24) is 9.97 Å². The number of hydrogen-bond donors (Lipinski definition) is 2. The minimum absolute atomic E-state index is 0.175. The number of anilines is 1. The molecule has 0 spiro atoms. The molecule has 144 valence electrons. The maximum absolute atomic E-state index is 12.2. The van der Waals surface area contributed by atoms with Gasteiger partial charge in [-0.25, -0.2) is 9.78 Å². The Hall–Kier alpha value is -3.06. The van der Waals surface area contributed by atoms with Crippen LogP contribution in [-0.2, 0) is 16.0 Å². The highest BCUT2D eigenvalue weighted by atomic mass is 32.2. The highest BCUT2D eigenvalue weighted by Gasteiger charge is 2.11. The predicted molar refractivity (Wildman–Crippen MR) is 110 cm³/mol. The zero-order valence-electron chi connectivity index (χ0n) is 15.7. The number of methoxy groups -OCH3 is 1. The van der Waals surface area contributed by atoms with Gasteiger partial charge in [-0.15, -0.1) is 0 Å². The number of ether oxygens (including phenoxy) is 1. The molecule has 0 aliphatic heterocycles. The van der Waals surface area contributed by atoms with Crippen molar-refractivity contribution in [3.63, 3.8) is 0 Å². The number of aryl methyl sites for hydroxylation is 1. The first-order valence-electron chi connectivity index (χ1n) is 8.75. The Kier molecular flexibility index (Phi) is 6.49. The zero-order chi connectivity index (χ0) is 19.9. The number of amides is 1. The third-order valence-electron chi connectivity index (χ3n) is 4.09. The summed E-state index contributed by atoms with van der Waals surface area (Å²) in [7, 11) is 1.32. The van der Waals surface area contributed by atoms with E-state index in [-0.39, 0.29) is 11.7 Å². The van der Waals surface area contributed by atoms with Crippen LogP contribution >= 0.6 is 11.8 Å². The third kappa shape index (κ3) is 5.23. The Morgan fingerprint density at radius 2 is 1.93 bits per heavy atom. The average Bonchev–Trinajstić information content (AvgIpc) is 3.06. The van der Waals surface area contributed by atoms with Gasteiger partial charge in [0, 0.05) is 17.8 Å². The SMILES string of the molecule is COC(=O)c1cccc(NC(=O)CSc2nc(Cc3ccccc3)c(C)[nH]2)c1. The van der Waals surface area contributed by atoms with Crippen LogP contribution in [0.3, 0.4) is 0 Å². The van der Waals surface area contributed by atoms with Crippen LogP contribution in [-0.4, -0.2) is 34.7 Å². The van der Waals surface area contributed by atoms with Crippen LogP contribution in [0.25, 0.3) is 0 Å². The van der Waals surface area contributed by atoms with E-state index in [1.807, 2.05) is 25.1 Å². The van der Waals surface area contributed by atoms with Gasteiger partial charge in [0.1, 0.15) is 0 Å². The molecule has 0 atom stereocenters. The lowest BCUT2D eigenvalue weighted by atomic mass is 10.1. The van der Waals surface area contributed by atoms with Gasteiger partial charge in [0.2, 0.25) is 5.91 Å². The van der Waals surface area contributed by atoms with E-state index < -0.39 is 5.97 Å². The molecular formula is C21H21N3O3S. The monoisotopic (exact) mass is 395 g/mol. The third-order valence-corrected chi connectivity index (χ3v) is 4.96. The van der Waals surface area contributed by atoms with Crippen LogP contribution in [0.2, 0.25) is 0 Å². The normalized spacial score (nSPS) is 10.5. The van der Waals surface area contributed by atoms with Gasteiger partial charge >= 0.3 is 5.97 Å². The van der Waals surface area contributed by atoms with Gasteiger partial charge in [0.05, 0.1) is 24.1 Å². The Bertz CT molecular complexity index is 970. The predicted octanol–water partition coefficient (Wildman–Crippen LogP) is 3.83. The second-order valence-electron chi connectivity index (χ2n) is 6.19. The van der Waals surface area contributed by atoms with Gasteiger partial charge in [0.15, 0.2) is 5.16 Å². The average molecular weight is 395 g/mol. The van der Waals surface area contributed by atoms with Gasteiger partial charge in [-0.3, -0.25) is 4.79 Å². The summed E-state index contributed by atoms with van der Waals surface area (Å²) in [5.41, 5.74) is 4.10. The Balaban J connectivity index is 1.56. The first kappa shape index (κ1) is 19.7. The molecule has 0 aliphatic rings. The largest absolute Gasteiger partial charge is 0.465 e. The fourth-order valence-corrected chi connectivity index (χ4v) is 3.41. The van der Waals surface area contributed by atoms with E-state index in [1.54, 1.807) is 24.3 Å². The Morgan fingerprint density at radius 1 is 1.14 bits per heavy atom. The first-order valence-corrected chi connectivity index (χ1v) is 9.74. The molecule has 1 aromatic heterocycles. The van der Waals surface area contributed by atoms with Crippen LogP contribution in [0.1, 0.15) is 27.3 Å². The molecule has 3 aromatic rings. The van der Waals surface area contributed by atoms with Crippen LogP contribution < -0.4 is 5.32 Å². The van der Waals surface area contributed by atoms with Gasteiger partial charge in [0.25, 0.3) is 0 Å². The molecule has 3 rings (SSSR count). The molecule has 1 heterocycles. The summed E-state index contributed by atoms with van der Waals surface area (Å²) in [6.45, 7) is 1.98. The number of H-pyrrole nitrogens is 1.